The maximum Gasteiger partial charge on any atom is 0.147 e. The molecule has 0 amide bonds. The van der Waals surface area contributed by atoms with Crippen molar-refractivity contribution in [3.8, 4) is 5.75 Å². The smallest absolute Gasteiger partial charge is 0.147 e. The number of methoxy groups -OCH3 is 1. The first-order valence-electron chi connectivity index (χ1n) is 7.45. The Labute approximate surface area is 137 Å². The largest absolute Gasteiger partial charge is 0.496 e. The maximum absolute atomic E-state index is 5.46. The number of pyridine rings is 1. The number of nitrogens with zero attached hydrogens (tertiary/aromatic N) is 3. The SMILES string of the molecule is COc1cccc(N(C)C)c1CON=Cc1cc(C)cc(C)n1. The highest BCUT2D eigenvalue weighted by Crippen LogP contribution is 2.28. The zero-order chi connectivity index (χ0) is 16.8. The Hall–Kier alpha value is -2.56. The third-order valence-corrected chi connectivity index (χ3v) is 3.40. The Bertz CT molecular complexity index is 676. The quantitative estimate of drug-likeness (QED) is 0.606. The Morgan fingerprint density at radius 1 is 1.22 bits per heavy atom. The Morgan fingerprint density at radius 3 is 2.65 bits per heavy atom. The van der Waals surface area contributed by atoms with Gasteiger partial charge in [-0.1, -0.05) is 11.2 Å². The summed E-state index contributed by atoms with van der Waals surface area (Å²) in [5, 5.41) is 4.03. The van der Waals surface area contributed by atoms with Gasteiger partial charge in [0, 0.05) is 25.5 Å². The number of oxime groups is 1. The van der Waals surface area contributed by atoms with Crippen LogP contribution in [0.25, 0.3) is 0 Å². The Kier molecular flexibility index (Phi) is 5.57. The molecule has 5 nitrogen and oxygen atoms in total. The molecule has 0 saturated carbocycles. The number of benzene rings is 1. The van der Waals surface area contributed by atoms with Crippen LogP contribution >= 0.6 is 0 Å². The van der Waals surface area contributed by atoms with Crippen LogP contribution < -0.4 is 9.64 Å². The minimum Gasteiger partial charge on any atom is -0.496 e. The average Bonchev–Trinajstić information content (AvgIpc) is 2.50. The lowest BCUT2D eigenvalue weighted by molar-refractivity contribution is 0.130. The van der Waals surface area contributed by atoms with E-state index in [1.165, 1.54) is 0 Å². The van der Waals surface area contributed by atoms with Gasteiger partial charge >= 0.3 is 0 Å². The molecule has 5 heteroatoms. The van der Waals surface area contributed by atoms with Gasteiger partial charge in [0.2, 0.25) is 0 Å². The van der Waals surface area contributed by atoms with Crippen LogP contribution in [0.1, 0.15) is 22.5 Å². The van der Waals surface area contributed by atoms with Crippen molar-refractivity contribution >= 4 is 11.9 Å². The molecular formula is C18H23N3O2. The van der Waals surface area contributed by atoms with E-state index in [0.717, 1.165) is 34.0 Å². The fourth-order valence-corrected chi connectivity index (χ4v) is 2.44. The molecular weight excluding hydrogens is 290 g/mol. The highest BCUT2D eigenvalue weighted by molar-refractivity contribution is 5.76. The fraction of sp³-hybridized carbons (Fsp3) is 0.333. The molecule has 23 heavy (non-hydrogen) atoms. The topological polar surface area (TPSA) is 47.0 Å². The van der Waals surface area contributed by atoms with E-state index >= 15 is 0 Å². The summed E-state index contributed by atoms with van der Waals surface area (Å²) >= 11 is 0. The van der Waals surface area contributed by atoms with Crippen molar-refractivity contribution in [3.63, 3.8) is 0 Å². The van der Waals surface area contributed by atoms with Crippen LogP contribution in [0.4, 0.5) is 5.69 Å². The van der Waals surface area contributed by atoms with Gasteiger partial charge in [-0.15, -0.1) is 0 Å². The van der Waals surface area contributed by atoms with Crippen LogP contribution in [0.15, 0.2) is 35.5 Å². The molecule has 1 aromatic carbocycles. The lowest BCUT2D eigenvalue weighted by Crippen LogP contribution is -2.12. The summed E-state index contributed by atoms with van der Waals surface area (Å²) in [7, 11) is 5.63. The van der Waals surface area contributed by atoms with E-state index in [9.17, 15) is 0 Å². The second-order valence-electron chi connectivity index (χ2n) is 5.57. The Morgan fingerprint density at radius 2 is 2.00 bits per heavy atom. The molecule has 1 heterocycles. The number of aryl methyl sites for hydroxylation is 2. The van der Waals surface area contributed by atoms with Crippen molar-refractivity contribution in [1.29, 1.82) is 0 Å². The van der Waals surface area contributed by atoms with Gasteiger partial charge in [0.1, 0.15) is 12.4 Å². The average molecular weight is 313 g/mol. The molecule has 0 bridgehead atoms. The van der Waals surface area contributed by atoms with Gasteiger partial charge in [-0.3, -0.25) is 4.98 Å². The maximum atomic E-state index is 5.46. The van der Waals surface area contributed by atoms with Crippen molar-refractivity contribution in [2.45, 2.75) is 20.5 Å². The van der Waals surface area contributed by atoms with Gasteiger partial charge in [0.25, 0.3) is 0 Å². The van der Waals surface area contributed by atoms with Crippen LogP contribution in [0, 0.1) is 13.8 Å². The molecule has 0 saturated heterocycles. The lowest BCUT2D eigenvalue weighted by Gasteiger charge is -2.19. The summed E-state index contributed by atoms with van der Waals surface area (Å²) in [6.45, 7) is 4.33. The molecule has 0 unspecified atom stereocenters. The van der Waals surface area contributed by atoms with Gasteiger partial charge in [0.15, 0.2) is 0 Å². The monoisotopic (exact) mass is 313 g/mol. The molecule has 122 valence electrons. The summed E-state index contributed by atoms with van der Waals surface area (Å²) in [5.74, 6) is 0.788. The second-order valence-corrected chi connectivity index (χ2v) is 5.57. The minimum absolute atomic E-state index is 0.332. The van der Waals surface area contributed by atoms with E-state index in [-0.39, 0.29) is 0 Å². The van der Waals surface area contributed by atoms with Crippen molar-refractivity contribution in [1.82, 2.24) is 4.98 Å². The Balaban J connectivity index is 2.10. The minimum atomic E-state index is 0.332. The molecule has 0 aliphatic rings. The third-order valence-electron chi connectivity index (χ3n) is 3.40. The van der Waals surface area contributed by atoms with Crippen LogP contribution in [-0.2, 0) is 11.4 Å². The van der Waals surface area contributed by atoms with E-state index in [1.54, 1.807) is 13.3 Å². The number of aromatic nitrogens is 1. The number of ether oxygens (including phenoxy) is 1. The van der Waals surface area contributed by atoms with Crippen LogP contribution in [0.3, 0.4) is 0 Å². The van der Waals surface area contributed by atoms with Crippen LogP contribution in [-0.4, -0.2) is 32.4 Å². The van der Waals surface area contributed by atoms with Crippen LogP contribution in [0.5, 0.6) is 5.75 Å². The highest BCUT2D eigenvalue weighted by atomic mass is 16.6. The van der Waals surface area contributed by atoms with Crippen molar-refractivity contribution in [2.24, 2.45) is 5.16 Å². The van der Waals surface area contributed by atoms with Crippen molar-refractivity contribution < 1.29 is 9.57 Å². The highest BCUT2D eigenvalue weighted by Gasteiger charge is 2.11. The predicted octanol–water partition coefficient (Wildman–Crippen LogP) is 3.32. The number of hydrogen-bond donors (Lipinski definition) is 0. The van der Waals surface area contributed by atoms with E-state index in [0.29, 0.717) is 6.61 Å². The van der Waals surface area contributed by atoms with Gasteiger partial charge in [-0.05, 0) is 43.7 Å². The van der Waals surface area contributed by atoms with E-state index < -0.39 is 0 Å². The van der Waals surface area contributed by atoms with Gasteiger partial charge in [-0.2, -0.15) is 0 Å². The number of hydrogen-bond acceptors (Lipinski definition) is 5. The molecule has 0 spiro atoms. The summed E-state index contributed by atoms with van der Waals surface area (Å²) in [4.78, 5) is 11.9. The second kappa shape index (κ2) is 7.63. The summed E-state index contributed by atoms with van der Waals surface area (Å²) in [6, 6.07) is 9.89. The van der Waals surface area contributed by atoms with E-state index in [1.807, 2.05) is 63.2 Å². The predicted molar refractivity (Wildman–Crippen MR) is 93.4 cm³/mol. The standard InChI is InChI=1S/C18H23N3O2/c1-13-9-14(2)20-15(10-13)11-19-23-12-16-17(21(3)4)7-6-8-18(16)22-5/h6-11H,12H2,1-5H3. The zero-order valence-electron chi connectivity index (χ0n) is 14.3. The van der Waals surface area contributed by atoms with E-state index in [4.69, 9.17) is 9.57 Å². The van der Waals surface area contributed by atoms with Crippen molar-refractivity contribution in [3.05, 3.63) is 52.8 Å². The molecule has 0 aliphatic heterocycles. The van der Waals surface area contributed by atoms with E-state index in [2.05, 4.69) is 10.1 Å². The number of anilines is 1. The first kappa shape index (κ1) is 16.8. The molecule has 1 aromatic heterocycles. The summed E-state index contributed by atoms with van der Waals surface area (Å²) in [6.07, 6.45) is 1.63. The first-order chi connectivity index (χ1) is 11.0. The normalized spacial score (nSPS) is 10.8. The lowest BCUT2D eigenvalue weighted by atomic mass is 10.1. The van der Waals surface area contributed by atoms with Crippen molar-refractivity contribution in [2.75, 3.05) is 26.1 Å². The van der Waals surface area contributed by atoms with Gasteiger partial charge in [0.05, 0.1) is 24.6 Å². The first-order valence-corrected chi connectivity index (χ1v) is 7.45. The fourth-order valence-electron chi connectivity index (χ4n) is 2.44. The molecule has 2 aromatic rings. The summed E-state index contributed by atoms with van der Waals surface area (Å²) in [5.41, 5.74) is 4.91. The molecule has 0 aliphatic carbocycles. The third kappa shape index (κ3) is 4.45. The summed E-state index contributed by atoms with van der Waals surface area (Å²) < 4.78 is 5.41. The van der Waals surface area contributed by atoms with Gasteiger partial charge < -0.3 is 14.5 Å². The number of rotatable bonds is 6. The molecule has 2 rings (SSSR count). The molecule has 0 radical (unpaired) electrons. The molecule has 0 N–H and O–H groups in total. The molecule has 0 atom stereocenters. The van der Waals surface area contributed by atoms with Gasteiger partial charge in [-0.25, -0.2) is 0 Å². The van der Waals surface area contributed by atoms with Crippen LogP contribution in [0.2, 0.25) is 0 Å². The molecule has 0 fully saturated rings. The zero-order valence-corrected chi connectivity index (χ0v) is 14.3.